The van der Waals surface area contributed by atoms with E-state index in [0.29, 0.717) is 6.54 Å². The quantitative estimate of drug-likeness (QED) is 0.808. The zero-order valence-electron chi connectivity index (χ0n) is 13.8. The highest BCUT2D eigenvalue weighted by atomic mass is 16.5. The van der Waals surface area contributed by atoms with Gasteiger partial charge in [0.2, 0.25) is 11.8 Å². The summed E-state index contributed by atoms with van der Waals surface area (Å²) in [6, 6.07) is 7.77. The van der Waals surface area contributed by atoms with Crippen LogP contribution in [0, 0.1) is 5.92 Å². The van der Waals surface area contributed by atoms with E-state index in [0.717, 1.165) is 43.4 Å². The molecule has 1 aromatic rings. The van der Waals surface area contributed by atoms with E-state index in [1.165, 1.54) is 6.42 Å². The van der Waals surface area contributed by atoms with Gasteiger partial charge in [0.15, 0.2) is 0 Å². The van der Waals surface area contributed by atoms with Crippen molar-refractivity contribution in [1.29, 1.82) is 0 Å². The first-order valence-electron chi connectivity index (χ1n) is 8.36. The Bertz CT molecular complexity index is 508. The van der Waals surface area contributed by atoms with Gasteiger partial charge in [-0.15, -0.1) is 0 Å². The largest absolute Gasteiger partial charge is 0.497 e. The van der Waals surface area contributed by atoms with Gasteiger partial charge in [-0.2, -0.15) is 0 Å². The van der Waals surface area contributed by atoms with Crippen LogP contribution < -0.4 is 15.4 Å². The Labute approximate surface area is 137 Å². The maximum Gasteiger partial charge on any atom is 0.239 e. The Kier molecular flexibility index (Phi) is 6.91. The Morgan fingerprint density at radius 1 is 1.09 bits per heavy atom. The van der Waals surface area contributed by atoms with Crippen LogP contribution in [0.4, 0.5) is 0 Å². The molecule has 1 aromatic carbocycles. The fraction of sp³-hybridized carbons (Fsp3) is 0.556. The minimum Gasteiger partial charge on any atom is -0.497 e. The van der Waals surface area contributed by atoms with Crippen LogP contribution in [0.1, 0.15) is 37.7 Å². The van der Waals surface area contributed by atoms with E-state index in [2.05, 4.69) is 10.6 Å². The van der Waals surface area contributed by atoms with E-state index >= 15 is 0 Å². The fourth-order valence-electron chi connectivity index (χ4n) is 2.88. The molecule has 0 saturated heterocycles. The summed E-state index contributed by atoms with van der Waals surface area (Å²) in [6.07, 6.45) is 6.11. The third-order valence-corrected chi connectivity index (χ3v) is 4.29. The van der Waals surface area contributed by atoms with Crippen molar-refractivity contribution >= 4 is 11.8 Å². The highest BCUT2D eigenvalue weighted by Crippen LogP contribution is 2.23. The van der Waals surface area contributed by atoms with E-state index in [9.17, 15) is 9.59 Å². The summed E-state index contributed by atoms with van der Waals surface area (Å²) in [5, 5.41) is 5.58. The van der Waals surface area contributed by atoms with Crippen LogP contribution in [0.3, 0.4) is 0 Å². The Morgan fingerprint density at radius 2 is 1.78 bits per heavy atom. The number of rotatable bonds is 7. The van der Waals surface area contributed by atoms with Gasteiger partial charge in [-0.1, -0.05) is 31.4 Å². The summed E-state index contributed by atoms with van der Waals surface area (Å²) in [5.41, 5.74) is 1.14. The molecule has 5 nitrogen and oxygen atoms in total. The van der Waals surface area contributed by atoms with E-state index in [1.807, 2.05) is 24.3 Å². The van der Waals surface area contributed by atoms with Crippen molar-refractivity contribution in [3.63, 3.8) is 0 Å². The highest BCUT2D eigenvalue weighted by molar-refractivity contribution is 5.85. The number of amides is 2. The standard InChI is InChI=1S/C18H26N2O3/c1-23-16-9-7-14(8-10-16)11-12-19-17(21)13-20-18(22)15-5-3-2-4-6-15/h7-10,15H,2-6,11-13H2,1H3,(H,19,21)(H,20,22). The average Bonchev–Trinajstić information content (AvgIpc) is 2.61. The van der Waals surface area contributed by atoms with Gasteiger partial charge in [-0.25, -0.2) is 0 Å². The van der Waals surface area contributed by atoms with Crippen molar-refractivity contribution in [2.75, 3.05) is 20.2 Å². The van der Waals surface area contributed by atoms with Crippen molar-refractivity contribution < 1.29 is 14.3 Å². The first-order chi connectivity index (χ1) is 11.2. The second-order valence-electron chi connectivity index (χ2n) is 6.00. The summed E-state index contributed by atoms with van der Waals surface area (Å²) in [6.45, 7) is 0.627. The summed E-state index contributed by atoms with van der Waals surface area (Å²) in [4.78, 5) is 23.7. The number of hydrogen-bond acceptors (Lipinski definition) is 3. The van der Waals surface area contributed by atoms with Crippen LogP contribution in [0.2, 0.25) is 0 Å². The number of hydrogen-bond donors (Lipinski definition) is 2. The number of carbonyl (C=O) groups excluding carboxylic acids is 2. The molecule has 0 aromatic heterocycles. The normalized spacial score (nSPS) is 15.0. The lowest BCUT2D eigenvalue weighted by molar-refractivity contribution is -0.129. The van der Waals surface area contributed by atoms with Gasteiger partial charge < -0.3 is 15.4 Å². The molecule has 0 unspecified atom stereocenters. The summed E-state index contributed by atoms with van der Waals surface area (Å²) >= 11 is 0. The number of carbonyl (C=O) groups is 2. The molecule has 0 bridgehead atoms. The zero-order chi connectivity index (χ0) is 16.5. The predicted molar refractivity (Wildman–Crippen MR) is 89.3 cm³/mol. The molecule has 1 fully saturated rings. The van der Waals surface area contributed by atoms with Crippen molar-refractivity contribution in [2.45, 2.75) is 38.5 Å². The predicted octanol–water partition coefficient (Wildman–Crippen LogP) is 2.05. The van der Waals surface area contributed by atoms with Gasteiger partial charge in [0.25, 0.3) is 0 Å². The topological polar surface area (TPSA) is 67.4 Å². The molecule has 2 rings (SSSR count). The van der Waals surface area contributed by atoms with Crippen molar-refractivity contribution in [3.05, 3.63) is 29.8 Å². The van der Waals surface area contributed by atoms with Gasteiger partial charge in [0, 0.05) is 12.5 Å². The van der Waals surface area contributed by atoms with Crippen LogP contribution >= 0.6 is 0 Å². The van der Waals surface area contributed by atoms with Crippen LogP contribution in [0.5, 0.6) is 5.75 Å². The highest BCUT2D eigenvalue weighted by Gasteiger charge is 2.21. The molecule has 2 amide bonds. The number of ether oxygens (including phenoxy) is 1. The molecular weight excluding hydrogens is 292 g/mol. The maximum atomic E-state index is 12.0. The van der Waals surface area contributed by atoms with E-state index in [1.54, 1.807) is 7.11 Å². The Balaban J connectivity index is 1.61. The maximum absolute atomic E-state index is 12.0. The smallest absolute Gasteiger partial charge is 0.239 e. The van der Waals surface area contributed by atoms with Crippen LogP contribution in [-0.2, 0) is 16.0 Å². The second-order valence-corrected chi connectivity index (χ2v) is 6.00. The van der Waals surface area contributed by atoms with Gasteiger partial charge in [-0.05, 0) is 37.0 Å². The Hall–Kier alpha value is -2.04. The lowest BCUT2D eigenvalue weighted by Crippen LogP contribution is -2.40. The minimum absolute atomic E-state index is 0.0232. The fourth-order valence-corrected chi connectivity index (χ4v) is 2.88. The van der Waals surface area contributed by atoms with Crippen molar-refractivity contribution in [3.8, 4) is 5.75 Å². The van der Waals surface area contributed by atoms with Gasteiger partial charge in [0.1, 0.15) is 5.75 Å². The van der Waals surface area contributed by atoms with Crippen molar-refractivity contribution in [1.82, 2.24) is 10.6 Å². The first kappa shape index (κ1) is 17.3. The van der Waals surface area contributed by atoms with Crippen molar-refractivity contribution in [2.24, 2.45) is 5.92 Å². The first-order valence-corrected chi connectivity index (χ1v) is 8.36. The van der Waals surface area contributed by atoms with Crippen LogP contribution in [0.25, 0.3) is 0 Å². The third kappa shape index (κ3) is 5.93. The molecule has 5 heteroatoms. The van der Waals surface area contributed by atoms with E-state index in [4.69, 9.17) is 4.74 Å². The zero-order valence-corrected chi connectivity index (χ0v) is 13.8. The molecule has 0 heterocycles. The minimum atomic E-state index is -0.136. The van der Waals surface area contributed by atoms with E-state index in [-0.39, 0.29) is 24.3 Å². The molecule has 1 saturated carbocycles. The molecule has 0 spiro atoms. The SMILES string of the molecule is COc1ccc(CCNC(=O)CNC(=O)C2CCCCC2)cc1. The van der Waals surface area contributed by atoms with Crippen LogP contribution in [-0.4, -0.2) is 32.0 Å². The van der Waals surface area contributed by atoms with Gasteiger partial charge in [-0.3, -0.25) is 9.59 Å². The number of nitrogens with one attached hydrogen (secondary N) is 2. The molecular formula is C18H26N2O3. The summed E-state index contributed by atoms with van der Waals surface area (Å²) in [5.74, 6) is 0.803. The summed E-state index contributed by atoms with van der Waals surface area (Å²) < 4.78 is 5.11. The molecule has 0 radical (unpaired) electrons. The lowest BCUT2D eigenvalue weighted by atomic mass is 9.89. The number of methoxy groups -OCH3 is 1. The number of benzene rings is 1. The molecule has 0 aliphatic heterocycles. The molecule has 1 aliphatic carbocycles. The molecule has 1 aliphatic rings. The average molecular weight is 318 g/mol. The molecule has 126 valence electrons. The van der Waals surface area contributed by atoms with E-state index < -0.39 is 0 Å². The van der Waals surface area contributed by atoms with Gasteiger partial charge in [0.05, 0.1) is 13.7 Å². The molecule has 2 N–H and O–H groups in total. The molecule has 23 heavy (non-hydrogen) atoms. The summed E-state index contributed by atoms with van der Waals surface area (Å²) in [7, 11) is 1.64. The monoisotopic (exact) mass is 318 g/mol. The second kappa shape index (κ2) is 9.18. The van der Waals surface area contributed by atoms with Gasteiger partial charge >= 0.3 is 0 Å². The van der Waals surface area contributed by atoms with Crippen LogP contribution in [0.15, 0.2) is 24.3 Å². The third-order valence-electron chi connectivity index (χ3n) is 4.29. The lowest BCUT2D eigenvalue weighted by Gasteiger charge is -2.20. The molecule has 0 atom stereocenters. The Morgan fingerprint density at radius 3 is 2.43 bits per heavy atom.